The first-order chi connectivity index (χ1) is 7.96. The number of hydrogen-bond acceptors (Lipinski definition) is 1. The van der Waals surface area contributed by atoms with Crippen molar-refractivity contribution >= 4 is 0 Å². The van der Waals surface area contributed by atoms with Crippen LogP contribution in [0.2, 0.25) is 0 Å². The lowest BCUT2D eigenvalue weighted by atomic mass is 9.66. The van der Waals surface area contributed by atoms with Gasteiger partial charge in [-0.1, -0.05) is 31.4 Å². The molecule has 0 aromatic heterocycles. The third-order valence-electron chi connectivity index (χ3n) is 3.95. The molecule has 0 spiro atoms. The van der Waals surface area contributed by atoms with Gasteiger partial charge in [-0.3, -0.25) is 0 Å². The third-order valence-corrected chi connectivity index (χ3v) is 3.95. The van der Waals surface area contributed by atoms with Crippen molar-refractivity contribution in [2.45, 2.75) is 50.4 Å². The number of halogens is 2. The van der Waals surface area contributed by atoms with E-state index in [1.165, 1.54) is 12.1 Å². The Morgan fingerprint density at radius 3 is 2.35 bits per heavy atom. The zero-order valence-electron chi connectivity index (χ0n) is 10.0. The van der Waals surface area contributed by atoms with Gasteiger partial charge < -0.3 is 5.11 Å². The van der Waals surface area contributed by atoms with Crippen molar-refractivity contribution in [2.24, 2.45) is 0 Å². The van der Waals surface area contributed by atoms with Crippen LogP contribution in [-0.4, -0.2) is 11.0 Å². The van der Waals surface area contributed by atoms with E-state index in [0.717, 1.165) is 26.2 Å². The lowest BCUT2D eigenvalue weighted by molar-refractivity contribution is -0.0777. The van der Waals surface area contributed by atoms with Crippen molar-refractivity contribution in [3.05, 3.63) is 29.8 Å². The molecule has 17 heavy (non-hydrogen) atoms. The molecule has 0 unspecified atom stereocenters. The number of alkyl halides is 2. The van der Waals surface area contributed by atoms with Gasteiger partial charge in [0.1, 0.15) is 5.75 Å². The molecule has 3 heteroatoms. The molecule has 1 fully saturated rings. The molecule has 2 rings (SSSR count). The average Bonchev–Trinajstić information content (AvgIpc) is 2.28. The van der Waals surface area contributed by atoms with E-state index in [4.69, 9.17) is 0 Å². The number of aromatic hydroxyl groups is 1. The zero-order valence-corrected chi connectivity index (χ0v) is 10.0. The summed E-state index contributed by atoms with van der Waals surface area (Å²) in [5, 5.41) is 9.48. The Morgan fingerprint density at radius 1 is 1.18 bits per heavy atom. The standard InChI is InChI=1S/C14H18F2O/c1-13(15,16)14(8-3-2-4-9-14)11-6-5-7-12(17)10-11/h5-7,10,17H,2-4,8-9H2,1H3. The topological polar surface area (TPSA) is 20.2 Å². The van der Waals surface area contributed by atoms with E-state index in [1.54, 1.807) is 12.1 Å². The van der Waals surface area contributed by atoms with Gasteiger partial charge in [-0.25, -0.2) is 8.78 Å². The van der Waals surface area contributed by atoms with Crippen molar-refractivity contribution in [3.63, 3.8) is 0 Å². The summed E-state index contributed by atoms with van der Waals surface area (Å²) in [7, 11) is 0. The quantitative estimate of drug-likeness (QED) is 0.819. The second-order valence-electron chi connectivity index (χ2n) is 5.08. The van der Waals surface area contributed by atoms with Gasteiger partial charge in [-0.05, 0) is 30.5 Å². The van der Waals surface area contributed by atoms with Crippen LogP contribution in [0.25, 0.3) is 0 Å². The van der Waals surface area contributed by atoms with Gasteiger partial charge in [0, 0.05) is 6.92 Å². The fraction of sp³-hybridized carbons (Fsp3) is 0.571. The van der Waals surface area contributed by atoms with Crippen molar-refractivity contribution in [3.8, 4) is 5.75 Å². The molecule has 1 aliphatic rings. The van der Waals surface area contributed by atoms with Crippen LogP contribution in [0.1, 0.15) is 44.6 Å². The average molecular weight is 240 g/mol. The van der Waals surface area contributed by atoms with Gasteiger partial charge in [0.15, 0.2) is 0 Å². The number of rotatable bonds is 2. The summed E-state index contributed by atoms with van der Waals surface area (Å²) in [6.45, 7) is 1.00. The maximum Gasteiger partial charge on any atom is 0.254 e. The molecule has 1 saturated carbocycles. The summed E-state index contributed by atoms with van der Waals surface area (Å²) in [4.78, 5) is 0. The SMILES string of the molecule is CC(F)(F)C1(c2cccc(O)c2)CCCCC1. The molecular weight excluding hydrogens is 222 g/mol. The first-order valence-electron chi connectivity index (χ1n) is 6.13. The van der Waals surface area contributed by atoms with Crippen LogP contribution in [0.5, 0.6) is 5.75 Å². The molecule has 1 nitrogen and oxygen atoms in total. The number of phenolic OH excluding ortho intramolecular Hbond substituents is 1. The first-order valence-corrected chi connectivity index (χ1v) is 6.13. The van der Waals surface area contributed by atoms with Crippen LogP contribution in [0.4, 0.5) is 8.78 Å². The Kier molecular flexibility index (Phi) is 3.11. The normalized spacial score (nSPS) is 20.2. The molecule has 1 aromatic rings. The van der Waals surface area contributed by atoms with E-state index in [2.05, 4.69) is 0 Å². The number of phenols is 1. The highest BCUT2D eigenvalue weighted by atomic mass is 19.3. The van der Waals surface area contributed by atoms with Crippen LogP contribution >= 0.6 is 0 Å². The molecule has 0 radical (unpaired) electrons. The Hall–Kier alpha value is -1.12. The second-order valence-corrected chi connectivity index (χ2v) is 5.08. The van der Waals surface area contributed by atoms with Crippen molar-refractivity contribution in [1.82, 2.24) is 0 Å². The molecule has 0 bridgehead atoms. The number of hydrogen-bond donors (Lipinski definition) is 1. The smallest absolute Gasteiger partial charge is 0.254 e. The number of benzene rings is 1. The van der Waals surface area contributed by atoms with E-state index in [-0.39, 0.29) is 5.75 Å². The van der Waals surface area contributed by atoms with Crippen molar-refractivity contribution in [1.29, 1.82) is 0 Å². The molecule has 0 atom stereocenters. The Labute approximate surface area is 100 Å². The first kappa shape index (κ1) is 12.3. The monoisotopic (exact) mass is 240 g/mol. The lowest BCUT2D eigenvalue weighted by Gasteiger charge is -2.42. The minimum atomic E-state index is -2.75. The highest BCUT2D eigenvalue weighted by Gasteiger charge is 2.51. The minimum Gasteiger partial charge on any atom is -0.508 e. The third kappa shape index (κ3) is 2.15. The van der Waals surface area contributed by atoms with Crippen LogP contribution in [0, 0.1) is 0 Å². The molecular formula is C14H18F2O. The van der Waals surface area contributed by atoms with E-state index in [9.17, 15) is 13.9 Å². The van der Waals surface area contributed by atoms with Gasteiger partial charge in [-0.15, -0.1) is 0 Å². The summed E-state index contributed by atoms with van der Waals surface area (Å²) in [6, 6.07) is 6.37. The fourth-order valence-corrected chi connectivity index (χ4v) is 2.94. The predicted octanol–water partition coefficient (Wildman–Crippen LogP) is 4.25. The van der Waals surface area contributed by atoms with Crippen LogP contribution in [-0.2, 0) is 5.41 Å². The highest BCUT2D eigenvalue weighted by molar-refractivity contribution is 5.35. The maximum atomic E-state index is 14.0. The second kappa shape index (κ2) is 4.28. The fourth-order valence-electron chi connectivity index (χ4n) is 2.94. The molecule has 1 aromatic carbocycles. The van der Waals surface area contributed by atoms with E-state index in [1.807, 2.05) is 0 Å². The molecule has 1 aliphatic carbocycles. The summed E-state index contributed by atoms with van der Waals surface area (Å²) in [6.07, 6.45) is 3.69. The summed E-state index contributed by atoms with van der Waals surface area (Å²) in [5.74, 6) is -2.68. The van der Waals surface area contributed by atoms with E-state index >= 15 is 0 Å². The van der Waals surface area contributed by atoms with Gasteiger partial charge in [-0.2, -0.15) is 0 Å². The van der Waals surface area contributed by atoms with E-state index in [0.29, 0.717) is 18.4 Å². The van der Waals surface area contributed by atoms with Gasteiger partial charge >= 0.3 is 0 Å². The summed E-state index contributed by atoms with van der Waals surface area (Å²) in [5.41, 5.74) is -0.519. The van der Waals surface area contributed by atoms with Gasteiger partial charge in [0.25, 0.3) is 5.92 Å². The largest absolute Gasteiger partial charge is 0.508 e. The van der Waals surface area contributed by atoms with Gasteiger partial charge in [0.2, 0.25) is 0 Å². The highest BCUT2D eigenvalue weighted by Crippen LogP contribution is 2.50. The predicted molar refractivity (Wildman–Crippen MR) is 63.5 cm³/mol. The van der Waals surface area contributed by atoms with Crippen molar-refractivity contribution < 1.29 is 13.9 Å². The lowest BCUT2D eigenvalue weighted by Crippen LogP contribution is -2.44. The molecule has 0 aliphatic heterocycles. The molecule has 1 N–H and O–H groups in total. The maximum absolute atomic E-state index is 14.0. The summed E-state index contributed by atoms with van der Waals surface area (Å²) >= 11 is 0. The molecule has 0 amide bonds. The Morgan fingerprint density at radius 2 is 1.82 bits per heavy atom. The van der Waals surface area contributed by atoms with Crippen molar-refractivity contribution in [2.75, 3.05) is 0 Å². The van der Waals surface area contributed by atoms with E-state index < -0.39 is 11.3 Å². The van der Waals surface area contributed by atoms with Crippen LogP contribution in [0.3, 0.4) is 0 Å². The minimum absolute atomic E-state index is 0.0664. The van der Waals surface area contributed by atoms with Gasteiger partial charge in [0.05, 0.1) is 5.41 Å². The Balaban J connectivity index is 2.46. The molecule has 0 heterocycles. The molecule has 0 saturated heterocycles. The van der Waals surface area contributed by atoms with Crippen LogP contribution in [0.15, 0.2) is 24.3 Å². The Bertz CT molecular complexity index is 389. The van der Waals surface area contributed by atoms with Crippen LogP contribution < -0.4 is 0 Å². The molecule has 94 valence electrons. The zero-order chi connectivity index (χ0) is 12.5. The summed E-state index contributed by atoms with van der Waals surface area (Å²) < 4.78 is 28.0.